The maximum atomic E-state index is 13.7. The molecule has 7 heteroatoms. The Kier molecular flexibility index (Phi) is 8.26. The summed E-state index contributed by atoms with van der Waals surface area (Å²) in [5.74, 6) is 1.89. The van der Waals surface area contributed by atoms with Crippen molar-refractivity contribution in [1.29, 1.82) is 0 Å². The van der Waals surface area contributed by atoms with Gasteiger partial charge in [0.05, 0.1) is 0 Å². The molecule has 0 aliphatic carbocycles. The van der Waals surface area contributed by atoms with Gasteiger partial charge in [-0.15, -0.1) is 0 Å². The minimum Gasteiger partial charge on any atom is -0.341 e. The number of amides is 1. The lowest BCUT2D eigenvalue weighted by Crippen LogP contribution is -2.41. The van der Waals surface area contributed by atoms with Gasteiger partial charge in [0.25, 0.3) is 0 Å². The number of halogens is 1. The summed E-state index contributed by atoms with van der Waals surface area (Å²) in [6.45, 7) is 5.68. The number of pyridine rings is 1. The van der Waals surface area contributed by atoms with Crippen LogP contribution in [0.25, 0.3) is 11.4 Å². The van der Waals surface area contributed by atoms with Crippen molar-refractivity contribution < 1.29 is 13.8 Å². The zero-order valence-electron chi connectivity index (χ0n) is 21.2. The highest BCUT2D eigenvalue weighted by Crippen LogP contribution is 2.23. The zero-order chi connectivity index (χ0) is 24.8. The Morgan fingerprint density at radius 2 is 1.97 bits per heavy atom. The number of benzene rings is 1. The van der Waals surface area contributed by atoms with Gasteiger partial charge < -0.3 is 4.90 Å². The van der Waals surface area contributed by atoms with E-state index in [2.05, 4.69) is 48.0 Å². The van der Waals surface area contributed by atoms with E-state index < -0.39 is 0 Å². The second-order valence-corrected chi connectivity index (χ2v) is 9.74. The molecule has 1 aliphatic heterocycles. The van der Waals surface area contributed by atoms with Crippen molar-refractivity contribution >= 4 is 5.91 Å². The number of piperidine rings is 1. The summed E-state index contributed by atoms with van der Waals surface area (Å²) in [4.78, 5) is 19.8. The third-order valence-electron chi connectivity index (χ3n) is 7.14. The maximum Gasteiger partial charge on any atom is 0.244 e. The fourth-order valence-corrected chi connectivity index (χ4v) is 4.80. The lowest BCUT2D eigenvalue weighted by atomic mass is 9.91. The van der Waals surface area contributed by atoms with Crippen LogP contribution < -0.4 is 4.57 Å². The van der Waals surface area contributed by atoms with Gasteiger partial charge in [-0.25, -0.2) is 18.6 Å². The van der Waals surface area contributed by atoms with Crippen LogP contribution >= 0.6 is 0 Å². The van der Waals surface area contributed by atoms with Crippen LogP contribution in [0.15, 0.2) is 42.6 Å². The zero-order valence-corrected chi connectivity index (χ0v) is 21.2. The summed E-state index contributed by atoms with van der Waals surface area (Å²) in [5, 5.41) is 4.66. The van der Waals surface area contributed by atoms with Crippen LogP contribution in [0.1, 0.15) is 56.1 Å². The van der Waals surface area contributed by atoms with Crippen molar-refractivity contribution in [2.75, 3.05) is 13.1 Å². The van der Waals surface area contributed by atoms with E-state index in [1.807, 2.05) is 4.90 Å². The average molecular weight is 479 g/mol. The lowest BCUT2D eigenvalue weighted by molar-refractivity contribution is -0.679. The molecule has 0 unspecified atom stereocenters. The highest BCUT2D eigenvalue weighted by atomic mass is 19.1. The van der Waals surface area contributed by atoms with Gasteiger partial charge in [0.2, 0.25) is 5.91 Å². The summed E-state index contributed by atoms with van der Waals surface area (Å²) < 4.78 is 17.7. The molecule has 1 saturated heterocycles. The predicted octanol–water partition coefficient (Wildman–Crippen LogP) is 4.43. The van der Waals surface area contributed by atoms with E-state index in [1.165, 1.54) is 11.8 Å². The molecular formula is C28H37FN5O+. The quantitative estimate of drug-likeness (QED) is 0.428. The Balaban J connectivity index is 1.36. The molecule has 0 bridgehead atoms. The molecule has 0 saturated carbocycles. The molecule has 0 spiro atoms. The van der Waals surface area contributed by atoms with Crippen LogP contribution in [0, 0.1) is 18.7 Å². The molecule has 4 rings (SSSR count). The van der Waals surface area contributed by atoms with E-state index in [4.69, 9.17) is 4.98 Å². The lowest BCUT2D eigenvalue weighted by Gasteiger charge is -2.32. The normalized spacial score (nSPS) is 14.5. The van der Waals surface area contributed by atoms with E-state index in [0.29, 0.717) is 17.3 Å². The summed E-state index contributed by atoms with van der Waals surface area (Å²) in [6.07, 6.45) is 9.21. The molecule has 1 aliphatic rings. The second kappa shape index (κ2) is 11.6. The van der Waals surface area contributed by atoms with Crippen LogP contribution in [0.5, 0.6) is 0 Å². The SMILES string of the molecule is CCCCc1nc(-c2ccc(F)c(C)c2)nn1CC(=O)N1CCC(CCc2cccc[n+]2C)CC1. The fourth-order valence-electron chi connectivity index (χ4n) is 4.80. The Morgan fingerprint density at radius 3 is 2.69 bits per heavy atom. The van der Waals surface area contributed by atoms with Crippen LogP contribution in [0.2, 0.25) is 0 Å². The minimum atomic E-state index is -0.240. The van der Waals surface area contributed by atoms with Gasteiger partial charge in [-0.05, 0) is 62.3 Å². The number of likely N-dealkylation sites (tertiary alicyclic amines) is 1. The first-order valence-corrected chi connectivity index (χ1v) is 12.9. The molecule has 2 aromatic heterocycles. The predicted molar refractivity (Wildman–Crippen MR) is 134 cm³/mol. The number of aromatic nitrogens is 4. The molecular weight excluding hydrogens is 441 g/mol. The standard InChI is InChI=1S/C28H37FN5O/c1-4-5-9-26-30-28(23-11-13-25(29)21(2)19-23)31-34(26)20-27(35)33-17-14-22(15-18-33)10-12-24-8-6-7-16-32(24)3/h6-8,11,13,16,19,22H,4-5,9-10,12,14-15,17-18,20H2,1-3H3/q+1. The molecule has 6 nitrogen and oxygen atoms in total. The van der Waals surface area contributed by atoms with Crippen molar-refractivity contribution in [3.8, 4) is 11.4 Å². The topological polar surface area (TPSA) is 54.9 Å². The Bertz CT molecular complexity index is 1150. The largest absolute Gasteiger partial charge is 0.341 e. The van der Waals surface area contributed by atoms with E-state index >= 15 is 0 Å². The molecule has 0 atom stereocenters. The maximum absolute atomic E-state index is 13.7. The molecule has 186 valence electrons. The summed E-state index contributed by atoms with van der Waals surface area (Å²) in [7, 11) is 2.10. The third-order valence-corrected chi connectivity index (χ3v) is 7.14. The van der Waals surface area contributed by atoms with Crippen molar-refractivity contribution in [1.82, 2.24) is 19.7 Å². The van der Waals surface area contributed by atoms with E-state index in [9.17, 15) is 9.18 Å². The van der Waals surface area contributed by atoms with E-state index in [-0.39, 0.29) is 18.3 Å². The van der Waals surface area contributed by atoms with Gasteiger partial charge in [-0.1, -0.05) is 19.4 Å². The van der Waals surface area contributed by atoms with Crippen LogP contribution in [0.3, 0.4) is 0 Å². The van der Waals surface area contributed by atoms with Gasteiger partial charge in [0.15, 0.2) is 17.7 Å². The molecule has 1 fully saturated rings. The Labute approximate surface area is 207 Å². The number of carbonyl (C=O) groups is 1. The minimum absolute atomic E-state index is 0.0994. The molecule has 1 aromatic carbocycles. The van der Waals surface area contributed by atoms with Crippen LogP contribution in [-0.2, 0) is 31.2 Å². The van der Waals surface area contributed by atoms with Crippen molar-refractivity contribution in [3.05, 3.63) is 65.5 Å². The van der Waals surface area contributed by atoms with Gasteiger partial charge in [0, 0.05) is 43.6 Å². The summed E-state index contributed by atoms with van der Waals surface area (Å²) in [6, 6.07) is 11.3. The van der Waals surface area contributed by atoms with Gasteiger partial charge in [-0.2, -0.15) is 5.10 Å². The molecule has 0 N–H and O–H groups in total. The number of aryl methyl sites for hydroxylation is 4. The number of hydrogen-bond donors (Lipinski definition) is 0. The highest BCUT2D eigenvalue weighted by molar-refractivity contribution is 5.76. The van der Waals surface area contributed by atoms with Crippen molar-refractivity contribution in [2.45, 2.75) is 65.3 Å². The van der Waals surface area contributed by atoms with Gasteiger partial charge in [0.1, 0.15) is 25.2 Å². The first-order chi connectivity index (χ1) is 16.9. The second-order valence-electron chi connectivity index (χ2n) is 9.74. The van der Waals surface area contributed by atoms with Crippen LogP contribution in [-0.4, -0.2) is 38.7 Å². The first-order valence-electron chi connectivity index (χ1n) is 12.9. The Morgan fingerprint density at radius 1 is 1.17 bits per heavy atom. The van der Waals surface area contributed by atoms with E-state index in [0.717, 1.165) is 69.4 Å². The van der Waals surface area contributed by atoms with Crippen LogP contribution in [0.4, 0.5) is 4.39 Å². The third kappa shape index (κ3) is 6.32. The van der Waals surface area contributed by atoms with Gasteiger partial charge in [-0.3, -0.25) is 4.79 Å². The highest BCUT2D eigenvalue weighted by Gasteiger charge is 2.25. The smallest absolute Gasteiger partial charge is 0.244 e. The Hall–Kier alpha value is -3.09. The number of nitrogens with zero attached hydrogens (tertiary/aromatic N) is 5. The number of hydrogen-bond acceptors (Lipinski definition) is 3. The number of rotatable bonds is 9. The molecule has 35 heavy (non-hydrogen) atoms. The molecule has 3 heterocycles. The molecule has 0 radical (unpaired) electrons. The van der Waals surface area contributed by atoms with Crippen molar-refractivity contribution in [3.63, 3.8) is 0 Å². The summed E-state index contributed by atoms with van der Waals surface area (Å²) >= 11 is 0. The first kappa shape index (κ1) is 25.0. The number of unbranched alkanes of at least 4 members (excludes halogenated alkanes) is 1. The van der Waals surface area contributed by atoms with Crippen molar-refractivity contribution in [2.24, 2.45) is 13.0 Å². The molecule has 3 aromatic rings. The summed E-state index contributed by atoms with van der Waals surface area (Å²) in [5.41, 5.74) is 2.69. The number of carbonyl (C=O) groups excluding carboxylic acids is 1. The van der Waals surface area contributed by atoms with Gasteiger partial charge >= 0.3 is 0 Å². The van der Waals surface area contributed by atoms with E-state index in [1.54, 1.807) is 23.7 Å². The monoisotopic (exact) mass is 478 g/mol. The fraction of sp³-hybridized carbons (Fsp3) is 0.500. The molecule has 1 amide bonds. The average Bonchev–Trinajstić information content (AvgIpc) is 3.26.